The maximum absolute atomic E-state index is 12.9. The normalized spacial score (nSPS) is 17.6. The van der Waals surface area contributed by atoms with E-state index in [0.717, 1.165) is 0 Å². The average Bonchev–Trinajstić information content (AvgIpc) is 3.22. The van der Waals surface area contributed by atoms with Crippen LogP contribution in [0.15, 0.2) is 53.2 Å². The highest BCUT2D eigenvalue weighted by atomic mass is 32.1. The molecule has 1 atom stereocenters. The molecule has 6 nitrogen and oxygen atoms in total. The Hall–Kier alpha value is -2.51. The van der Waals surface area contributed by atoms with Crippen molar-refractivity contribution < 1.29 is 19.6 Å². The fourth-order valence-electron chi connectivity index (χ4n) is 2.85. The van der Waals surface area contributed by atoms with E-state index in [2.05, 4.69) is 4.98 Å². The molecule has 1 amide bonds. The monoisotopic (exact) mass is 358 g/mol. The topological polar surface area (TPSA) is 74.9 Å². The summed E-state index contributed by atoms with van der Waals surface area (Å²) in [5.41, 5.74) is 0.688. The molecule has 0 aliphatic carbocycles. The van der Waals surface area contributed by atoms with Gasteiger partial charge >= 0.3 is 0 Å². The summed E-state index contributed by atoms with van der Waals surface area (Å²) in [6, 6.07) is 8.16. The second-order valence-corrected chi connectivity index (χ2v) is 7.13. The molecule has 0 unspecified atom stereocenters. The summed E-state index contributed by atoms with van der Waals surface area (Å²) in [5, 5.41) is 12.2. The van der Waals surface area contributed by atoms with E-state index in [9.17, 15) is 14.7 Å². The van der Waals surface area contributed by atoms with Crippen LogP contribution in [0, 0.1) is 0 Å². The third-order valence-corrected chi connectivity index (χ3v) is 4.98. The number of aliphatic hydroxyl groups is 1. The Morgan fingerprint density at radius 1 is 1.32 bits per heavy atom. The van der Waals surface area contributed by atoms with Crippen LogP contribution in [0.1, 0.15) is 21.4 Å². The standard InChI is InChI=1S/C18H19N3O3S/c1-20(2)9-10-21-15(12-6-3-4-8-19-12)14(17(23)18(21)24)16(22)13-7-5-11-25-13/h3-8,11,15,23H,9-10H2,1-2H3/p+1/t15-/m0/s1. The maximum Gasteiger partial charge on any atom is 0.290 e. The van der Waals surface area contributed by atoms with Gasteiger partial charge < -0.3 is 14.9 Å². The number of hydrogen-bond donors (Lipinski definition) is 2. The fraction of sp³-hybridized carbons (Fsp3) is 0.278. The molecular weight excluding hydrogens is 338 g/mol. The summed E-state index contributed by atoms with van der Waals surface area (Å²) in [6.45, 7) is 1.12. The highest BCUT2D eigenvalue weighted by molar-refractivity contribution is 7.12. The minimum Gasteiger partial charge on any atom is -0.503 e. The number of hydrogen-bond acceptors (Lipinski definition) is 5. The minimum atomic E-state index is -0.664. The first kappa shape index (κ1) is 17.3. The van der Waals surface area contributed by atoms with Gasteiger partial charge in [-0.2, -0.15) is 0 Å². The van der Waals surface area contributed by atoms with Gasteiger partial charge in [0.15, 0.2) is 5.76 Å². The van der Waals surface area contributed by atoms with Gasteiger partial charge in [0.1, 0.15) is 6.04 Å². The lowest BCUT2D eigenvalue weighted by Crippen LogP contribution is -3.06. The highest BCUT2D eigenvalue weighted by Crippen LogP contribution is 2.38. The predicted octanol–water partition coefficient (Wildman–Crippen LogP) is 0.866. The number of aromatic nitrogens is 1. The molecule has 0 saturated heterocycles. The molecule has 2 aromatic heterocycles. The van der Waals surface area contributed by atoms with Crippen LogP contribution in [-0.2, 0) is 4.79 Å². The number of nitrogens with zero attached hydrogens (tertiary/aromatic N) is 2. The third-order valence-electron chi connectivity index (χ3n) is 4.11. The Bertz CT molecular complexity index is 800. The summed E-state index contributed by atoms with van der Waals surface area (Å²) >= 11 is 1.29. The number of nitrogens with one attached hydrogen (secondary N) is 1. The van der Waals surface area contributed by atoms with Crippen LogP contribution >= 0.6 is 11.3 Å². The lowest BCUT2D eigenvalue weighted by Gasteiger charge is -2.26. The first-order chi connectivity index (χ1) is 12.0. The molecule has 0 bridgehead atoms. The van der Waals surface area contributed by atoms with Gasteiger partial charge in [0.25, 0.3) is 5.91 Å². The lowest BCUT2D eigenvalue weighted by molar-refractivity contribution is -0.857. The maximum atomic E-state index is 12.9. The van der Waals surface area contributed by atoms with Crippen LogP contribution in [0.25, 0.3) is 0 Å². The molecule has 1 aliphatic heterocycles. The lowest BCUT2D eigenvalue weighted by atomic mass is 9.99. The molecule has 2 aromatic rings. The Morgan fingerprint density at radius 3 is 2.72 bits per heavy atom. The fourth-order valence-corrected chi connectivity index (χ4v) is 3.52. The Labute approximate surface area is 150 Å². The van der Waals surface area contributed by atoms with Crippen molar-refractivity contribution >= 4 is 23.0 Å². The summed E-state index contributed by atoms with van der Waals surface area (Å²) in [7, 11) is 3.97. The van der Waals surface area contributed by atoms with Crippen LogP contribution in [0.5, 0.6) is 0 Å². The minimum absolute atomic E-state index is 0.111. The molecule has 0 saturated carbocycles. The van der Waals surface area contributed by atoms with E-state index < -0.39 is 17.7 Å². The highest BCUT2D eigenvalue weighted by Gasteiger charge is 2.44. The summed E-state index contributed by atoms with van der Waals surface area (Å²) in [4.78, 5) is 33.1. The SMILES string of the molecule is C[NH+](C)CCN1C(=O)C(O)=C(C(=O)c2cccs2)[C@@H]1c1ccccn1. The van der Waals surface area contributed by atoms with E-state index in [1.54, 1.807) is 35.8 Å². The number of aliphatic hydroxyl groups excluding tert-OH is 1. The van der Waals surface area contributed by atoms with Crippen molar-refractivity contribution in [3.05, 3.63) is 63.8 Å². The zero-order valence-electron chi connectivity index (χ0n) is 14.1. The van der Waals surface area contributed by atoms with Crippen LogP contribution in [0.4, 0.5) is 0 Å². The summed E-state index contributed by atoms with van der Waals surface area (Å²) < 4.78 is 0. The number of Topliss-reactive ketones (excluding diaryl/α,β-unsaturated/α-hetero) is 1. The number of pyridine rings is 1. The Balaban J connectivity index is 2.04. The van der Waals surface area contributed by atoms with Gasteiger partial charge in [-0.05, 0) is 23.6 Å². The van der Waals surface area contributed by atoms with E-state index in [-0.39, 0.29) is 11.4 Å². The van der Waals surface area contributed by atoms with E-state index in [0.29, 0.717) is 23.7 Å². The van der Waals surface area contributed by atoms with Crippen molar-refractivity contribution in [2.24, 2.45) is 0 Å². The van der Waals surface area contributed by atoms with Crippen molar-refractivity contribution in [2.75, 3.05) is 27.2 Å². The number of thiophene rings is 1. The third kappa shape index (κ3) is 3.33. The van der Waals surface area contributed by atoms with E-state index >= 15 is 0 Å². The van der Waals surface area contributed by atoms with Crippen LogP contribution in [0.3, 0.4) is 0 Å². The zero-order chi connectivity index (χ0) is 18.0. The van der Waals surface area contributed by atoms with Crippen LogP contribution in [-0.4, -0.2) is 53.9 Å². The van der Waals surface area contributed by atoms with Gasteiger partial charge in [0.05, 0.1) is 43.3 Å². The van der Waals surface area contributed by atoms with E-state index in [1.165, 1.54) is 21.1 Å². The number of ketones is 1. The van der Waals surface area contributed by atoms with E-state index in [4.69, 9.17) is 0 Å². The smallest absolute Gasteiger partial charge is 0.290 e. The van der Waals surface area contributed by atoms with Gasteiger partial charge in [-0.3, -0.25) is 14.6 Å². The Kier molecular flexibility index (Phi) is 4.96. The number of rotatable bonds is 6. The molecule has 0 radical (unpaired) electrons. The molecule has 3 heterocycles. The number of quaternary nitrogens is 1. The second-order valence-electron chi connectivity index (χ2n) is 6.18. The molecule has 2 N–H and O–H groups in total. The Morgan fingerprint density at radius 2 is 2.12 bits per heavy atom. The first-order valence-electron chi connectivity index (χ1n) is 8.03. The summed E-state index contributed by atoms with van der Waals surface area (Å²) in [6.07, 6.45) is 1.62. The van der Waals surface area contributed by atoms with Crippen molar-refractivity contribution in [1.29, 1.82) is 0 Å². The van der Waals surface area contributed by atoms with Gasteiger partial charge in [-0.1, -0.05) is 12.1 Å². The number of likely N-dealkylation sites (N-methyl/N-ethyl adjacent to an activating group) is 1. The number of carbonyl (C=O) groups excluding carboxylic acids is 2. The van der Waals surface area contributed by atoms with Gasteiger partial charge in [-0.25, -0.2) is 0 Å². The molecule has 0 spiro atoms. The largest absolute Gasteiger partial charge is 0.503 e. The van der Waals surface area contributed by atoms with Gasteiger partial charge in [-0.15, -0.1) is 11.3 Å². The molecule has 25 heavy (non-hydrogen) atoms. The van der Waals surface area contributed by atoms with Crippen LogP contribution < -0.4 is 4.90 Å². The molecule has 3 rings (SSSR count). The molecule has 0 aromatic carbocycles. The molecule has 130 valence electrons. The number of carbonyl (C=O) groups is 2. The van der Waals surface area contributed by atoms with Crippen molar-refractivity contribution in [2.45, 2.75) is 6.04 Å². The molecule has 0 fully saturated rings. The molecular formula is C18H20N3O3S+. The first-order valence-corrected chi connectivity index (χ1v) is 8.91. The molecule has 7 heteroatoms. The van der Waals surface area contributed by atoms with E-state index in [1.807, 2.05) is 20.2 Å². The predicted molar refractivity (Wildman–Crippen MR) is 94.7 cm³/mol. The van der Waals surface area contributed by atoms with Crippen molar-refractivity contribution in [3.8, 4) is 0 Å². The van der Waals surface area contributed by atoms with Crippen molar-refractivity contribution in [3.63, 3.8) is 0 Å². The van der Waals surface area contributed by atoms with Gasteiger partial charge in [0, 0.05) is 6.20 Å². The number of amides is 1. The van der Waals surface area contributed by atoms with Crippen LogP contribution in [0.2, 0.25) is 0 Å². The quantitative estimate of drug-likeness (QED) is 0.752. The zero-order valence-corrected chi connectivity index (χ0v) is 14.9. The average molecular weight is 358 g/mol. The van der Waals surface area contributed by atoms with Gasteiger partial charge in [0.2, 0.25) is 5.78 Å². The summed E-state index contributed by atoms with van der Waals surface area (Å²) in [5.74, 6) is -1.31. The second kappa shape index (κ2) is 7.16. The molecule has 1 aliphatic rings. The van der Waals surface area contributed by atoms with Crippen molar-refractivity contribution in [1.82, 2.24) is 9.88 Å².